The van der Waals surface area contributed by atoms with Gasteiger partial charge >= 0.3 is 0 Å². The average Bonchev–Trinajstić information content (AvgIpc) is 2.59. The summed E-state index contributed by atoms with van der Waals surface area (Å²) in [7, 11) is 0. The monoisotopic (exact) mass is 325 g/mol. The topological polar surface area (TPSA) is 43.8 Å². The summed E-state index contributed by atoms with van der Waals surface area (Å²) in [5, 5.41) is 4.45. The fourth-order valence-electron chi connectivity index (χ4n) is 2.35. The minimum absolute atomic E-state index is 0.0684. The van der Waals surface area contributed by atoms with E-state index >= 15 is 0 Å². The molecule has 2 N–H and O–H groups in total. The lowest BCUT2D eigenvalue weighted by Gasteiger charge is -2.09. The smallest absolute Gasteiger partial charge is 0.128 e. The lowest BCUT2D eigenvalue weighted by molar-refractivity contribution is 0.577. The summed E-state index contributed by atoms with van der Waals surface area (Å²) < 4.78 is 16.4. The van der Waals surface area contributed by atoms with Gasteiger partial charge in [-0.2, -0.15) is 5.10 Å². The third-order valence-corrected chi connectivity index (χ3v) is 3.71. The van der Waals surface area contributed by atoms with Crippen molar-refractivity contribution >= 4 is 15.9 Å². The number of aromatic nitrogens is 2. The molecule has 2 aromatic rings. The molecule has 1 unspecified atom stereocenters. The second-order valence-corrected chi connectivity index (χ2v) is 5.68. The van der Waals surface area contributed by atoms with Gasteiger partial charge in [0.05, 0.1) is 12.2 Å². The Bertz CT molecular complexity index is 605. The van der Waals surface area contributed by atoms with Crippen LogP contribution in [0.4, 0.5) is 4.39 Å². The molecule has 0 radical (unpaired) electrons. The molecule has 5 heteroatoms. The van der Waals surface area contributed by atoms with Crippen LogP contribution < -0.4 is 5.73 Å². The minimum atomic E-state index is -0.224. The maximum atomic E-state index is 13.8. The van der Waals surface area contributed by atoms with Gasteiger partial charge in [0.2, 0.25) is 0 Å². The lowest BCUT2D eigenvalue weighted by Crippen LogP contribution is -2.09. The molecule has 3 nitrogen and oxygen atoms in total. The van der Waals surface area contributed by atoms with Gasteiger partial charge in [0, 0.05) is 27.3 Å². The van der Waals surface area contributed by atoms with Crippen LogP contribution in [0.15, 0.2) is 22.7 Å². The highest BCUT2D eigenvalue weighted by molar-refractivity contribution is 9.10. The van der Waals surface area contributed by atoms with Crippen LogP contribution in [0.2, 0.25) is 0 Å². The standard InChI is InChI=1S/C14H17BrFN3/c1-8(17)14-9(2)18-19(10(14)3)7-11-6-12(15)4-5-13(11)16/h4-6,8H,7,17H2,1-3H3. The zero-order valence-corrected chi connectivity index (χ0v) is 12.8. The Kier molecular flexibility index (Phi) is 4.06. The van der Waals surface area contributed by atoms with Crippen molar-refractivity contribution in [3.05, 3.63) is 51.0 Å². The second kappa shape index (κ2) is 5.43. The predicted molar refractivity (Wildman–Crippen MR) is 77.5 cm³/mol. The Morgan fingerprint density at radius 3 is 2.68 bits per heavy atom. The maximum absolute atomic E-state index is 13.8. The summed E-state index contributed by atoms with van der Waals surface area (Å²) in [6, 6.07) is 4.85. The molecule has 1 heterocycles. The van der Waals surface area contributed by atoms with Crippen LogP contribution in [0.3, 0.4) is 0 Å². The van der Waals surface area contributed by atoms with E-state index in [0.717, 1.165) is 21.4 Å². The molecular weight excluding hydrogens is 309 g/mol. The number of aryl methyl sites for hydroxylation is 1. The summed E-state index contributed by atoms with van der Waals surface area (Å²) in [6.07, 6.45) is 0. The number of hydrogen-bond acceptors (Lipinski definition) is 2. The van der Waals surface area contributed by atoms with Gasteiger partial charge in [-0.25, -0.2) is 4.39 Å². The summed E-state index contributed by atoms with van der Waals surface area (Å²) >= 11 is 3.35. The van der Waals surface area contributed by atoms with Crippen LogP contribution in [-0.2, 0) is 6.54 Å². The molecule has 1 aromatic heterocycles. The molecule has 0 spiro atoms. The van der Waals surface area contributed by atoms with E-state index in [1.165, 1.54) is 6.07 Å². The summed E-state index contributed by atoms with van der Waals surface area (Å²) in [5.74, 6) is -0.224. The molecule has 0 aliphatic carbocycles. The van der Waals surface area contributed by atoms with Crippen molar-refractivity contribution in [2.24, 2.45) is 5.73 Å². The molecule has 0 aliphatic rings. The van der Waals surface area contributed by atoms with Crippen LogP contribution in [-0.4, -0.2) is 9.78 Å². The van der Waals surface area contributed by atoms with E-state index in [9.17, 15) is 4.39 Å². The van der Waals surface area contributed by atoms with E-state index in [1.807, 2.05) is 20.8 Å². The number of halogens is 2. The van der Waals surface area contributed by atoms with Crippen LogP contribution in [0.5, 0.6) is 0 Å². The molecule has 0 amide bonds. The fourth-order valence-corrected chi connectivity index (χ4v) is 2.76. The first-order chi connectivity index (χ1) is 8.90. The number of nitrogens with two attached hydrogens (primary N) is 1. The van der Waals surface area contributed by atoms with Gasteiger partial charge in [-0.3, -0.25) is 4.68 Å². The SMILES string of the molecule is Cc1nn(Cc2cc(Br)ccc2F)c(C)c1C(C)N. The second-order valence-electron chi connectivity index (χ2n) is 4.77. The Morgan fingerprint density at radius 1 is 1.42 bits per heavy atom. The van der Waals surface area contributed by atoms with Crippen molar-refractivity contribution in [1.29, 1.82) is 0 Å². The van der Waals surface area contributed by atoms with Crippen molar-refractivity contribution in [2.75, 3.05) is 0 Å². The van der Waals surface area contributed by atoms with Crippen LogP contribution in [0.25, 0.3) is 0 Å². The molecular formula is C14H17BrFN3. The van der Waals surface area contributed by atoms with Gasteiger partial charge in [0.1, 0.15) is 5.82 Å². The lowest BCUT2D eigenvalue weighted by atomic mass is 10.1. The van der Waals surface area contributed by atoms with Crippen molar-refractivity contribution in [2.45, 2.75) is 33.4 Å². The Morgan fingerprint density at radius 2 is 2.11 bits per heavy atom. The first kappa shape index (κ1) is 14.2. The molecule has 1 atom stereocenters. The normalized spacial score (nSPS) is 12.7. The van der Waals surface area contributed by atoms with E-state index in [0.29, 0.717) is 12.1 Å². The molecule has 0 saturated carbocycles. The largest absolute Gasteiger partial charge is 0.324 e. The van der Waals surface area contributed by atoms with Crippen LogP contribution in [0, 0.1) is 19.7 Å². The Hall–Kier alpha value is -1.20. The summed E-state index contributed by atoms with van der Waals surface area (Å²) in [4.78, 5) is 0. The van der Waals surface area contributed by atoms with Crippen molar-refractivity contribution < 1.29 is 4.39 Å². The van der Waals surface area contributed by atoms with E-state index in [-0.39, 0.29) is 11.9 Å². The third kappa shape index (κ3) is 2.87. The Labute approximate surface area is 120 Å². The summed E-state index contributed by atoms with van der Waals surface area (Å²) in [5.41, 5.74) is 9.48. The zero-order valence-electron chi connectivity index (χ0n) is 11.2. The number of nitrogens with zero attached hydrogens (tertiary/aromatic N) is 2. The molecule has 1 aromatic carbocycles. The average molecular weight is 326 g/mol. The van der Waals surface area contributed by atoms with Crippen LogP contribution >= 0.6 is 15.9 Å². The molecule has 0 fully saturated rings. The van der Waals surface area contributed by atoms with Crippen molar-refractivity contribution in [3.63, 3.8) is 0 Å². The van der Waals surface area contributed by atoms with E-state index in [2.05, 4.69) is 21.0 Å². The third-order valence-electron chi connectivity index (χ3n) is 3.22. The van der Waals surface area contributed by atoms with Gasteiger partial charge in [-0.1, -0.05) is 15.9 Å². The van der Waals surface area contributed by atoms with E-state index < -0.39 is 0 Å². The zero-order chi connectivity index (χ0) is 14.2. The van der Waals surface area contributed by atoms with Gasteiger partial charge in [0.25, 0.3) is 0 Å². The Balaban J connectivity index is 2.39. The fraction of sp³-hybridized carbons (Fsp3) is 0.357. The number of rotatable bonds is 3. The highest BCUT2D eigenvalue weighted by Crippen LogP contribution is 2.22. The van der Waals surface area contributed by atoms with E-state index in [4.69, 9.17) is 5.73 Å². The van der Waals surface area contributed by atoms with E-state index in [1.54, 1.807) is 16.8 Å². The quantitative estimate of drug-likeness (QED) is 0.939. The molecule has 19 heavy (non-hydrogen) atoms. The molecule has 2 rings (SSSR count). The van der Waals surface area contributed by atoms with Gasteiger partial charge in [0.15, 0.2) is 0 Å². The van der Waals surface area contributed by atoms with Gasteiger partial charge < -0.3 is 5.73 Å². The maximum Gasteiger partial charge on any atom is 0.128 e. The molecule has 0 bridgehead atoms. The molecule has 0 saturated heterocycles. The van der Waals surface area contributed by atoms with Crippen molar-refractivity contribution in [3.8, 4) is 0 Å². The number of hydrogen-bond donors (Lipinski definition) is 1. The van der Waals surface area contributed by atoms with Gasteiger partial charge in [-0.15, -0.1) is 0 Å². The number of benzene rings is 1. The predicted octanol–water partition coefficient (Wildman–Crippen LogP) is 3.47. The summed E-state index contributed by atoms with van der Waals surface area (Å²) in [6.45, 7) is 6.24. The highest BCUT2D eigenvalue weighted by Gasteiger charge is 2.15. The highest BCUT2D eigenvalue weighted by atomic mass is 79.9. The first-order valence-electron chi connectivity index (χ1n) is 6.13. The van der Waals surface area contributed by atoms with Gasteiger partial charge in [-0.05, 0) is 39.0 Å². The van der Waals surface area contributed by atoms with Crippen molar-refractivity contribution in [1.82, 2.24) is 9.78 Å². The molecule has 102 valence electrons. The first-order valence-corrected chi connectivity index (χ1v) is 6.93. The minimum Gasteiger partial charge on any atom is -0.324 e. The molecule has 0 aliphatic heterocycles. The van der Waals surface area contributed by atoms with Crippen LogP contribution in [0.1, 0.15) is 35.5 Å².